The first-order valence-electron chi connectivity index (χ1n) is 8.78. The first-order chi connectivity index (χ1) is 10.8. The fraction of sp³-hybridized carbons (Fsp3) is 0.941. The van der Waals surface area contributed by atoms with E-state index in [-0.39, 0.29) is 12.1 Å². The van der Waals surface area contributed by atoms with Crippen molar-refractivity contribution < 1.29 is 14.3 Å². The van der Waals surface area contributed by atoms with E-state index in [4.69, 9.17) is 15.2 Å². The number of carbonyl (C=O) groups is 1. The smallest absolute Gasteiger partial charge is 0.410 e. The van der Waals surface area contributed by atoms with Gasteiger partial charge < -0.3 is 20.1 Å². The summed E-state index contributed by atoms with van der Waals surface area (Å²) < 4.78 is 10.9. The summed E-state index contributed by atoms with van der Waals surface area (Å²) in [5, 5.41) is 0. The summed E-state index contributed by atoms with van der Waals surface area (Å²) in [7, 11) is 1.69. The molecule has 1 saturated carbocycles. The Morgan fingerprint density at radius 3 is 2.39 bits per heavy atom. The van der Waals surface area contributed by atoms with Crippen molar-refractivity contribution in [3.8, 4) is 0 Å². The predicted octanol–water partition coefficient (Wildman–Crippen LogP) is 1.82. The quantitative estimate of drug-likeness (QED) is 0.856. The first-order valence-corrected chi connectivity index (χ1v) is 8.78. The van der Waals surface area contributed by atoms with Crippen LogP contribution in [0.3, 0.4) is 0 Å². The molecule has 0 radical (unpaired) electrons. The molecule has 0 unspecified atom stereocenters. The molecule has 1 heterocycles. The molecule has 23 heavy (non-hydrogen) atoms. The van der Waals surface area contributed by atoms with E-state index in [2.05, 4.69) is 4.90 Å². The molecule has 6 heteroatoms. The highest BCUT2D eigenvalue weighted by molar-refractivity contribution is 5.68. The molecule has 1 aliphatic heterocycles. The standard InChI is InChI=1S/C17H33N3O3/c1-17(2,3)23-16(21)20-10-9-19(11-15(20)12-22-4)14-7-5-13(18)6-8-14/h13-15H,5-12,18H2,1-4H3/t13?,14?,15-/m0/s1. The van der Waals surface area contributed by atoms with Gasteiger partial charge in [0.15, 0.2) is 0 Å². The zero-order valence-electron chi connectivity index (χ0n) is 15.1. The molecule has 2 fully saturated rings. The Labute approximate surface area is 140 Å². The van der Waals surface area contributed by atoms with Crippen molar-refractivity contribution in [1.82, 2.24) is 9.80 Å². The Morgan fingerprint density at radius 1 is 1.17 bits per heavy atom. The molecule has 0 aromatic rings. The maximum atomic E-state index is 12.4. The molecule has 1 aliphatic carbocycles. The molecular formula is C17H33N3O3. The number of hydrogen-bond acceptors (Lipinski definition) is 5. The lowest BCUT2D eigenvalue weighted by Gasteiger charge is -2.45. The lowest BCUT2D eigenvalue weighted by Crippen LogP contribution is -2.60. The number of ether oxygens (including phenoxy) is 2. The van der Waals surface area contributed by atoms with Gasteiger partial charge in [-0.15, -0.1) is 0 Å². The van der Waals surface area contributed by atoms with Gasteiger partial charge in [0.1, 0.15) is 5.60 Å². The summed E-state index contributed by atoms with van der Waals surface area (Å²) in [6.45, 7) is 8.70. The van der Waals surface area contributed by atoms with Crippen LogP contribution in [0.1, 0.15) is 46.5 Å². The summed E-state index contributed by atoms with van der Waals surface area (Å²) in [6, 6.07) is 1.01. The van der Waals surface area contributed by atoms with Crippen LogP contribution in [0.4, 0.5) is 4.79 Å². The van der Waals surface area contributed by atoms with Crippen LogP contribution in [0.5, 0.6) is 0 Å². The summed E-state index contributed by atoms with van der Waals surface area (Å²) in [5.41, 5.74) is 5.55. The molecule has 134 valence electrons. The Hall–Kier alpha value is -0.850. The number of rotatable bonds is 3. The minimum Gasteiger partial charge on any atom is -0.444 e. The highest BCUT2D eigenvalue weighted by Crippen LogP contribution is 2.25. The van der Waals surface area contributed by atoms with Crippen molar-refractivity contribution in [2.24, 2.45) is 5.73 Å². The highest BCUT2D eigenvalue weighted by atomic mass is 16.6. The van der Waals surface area contributed by atoms with E-state index < -0.39 is 5.60 Å². The third-order valence-electron chi connectivity index (χ3n) is 4.76. The van der Waals surface area contributed by atoms with Crippen molar-refractivity contribution in [2.75, 3.05) is 33.4 Å². The number of nitrogens with zero attached hydrogens (tertiary/aromatic N) is 2. The predicted molar refractivity (Wildman–Crippen MR) is 90.4 cm³/mol. The molecule has 0 aromatic carbocycles. The molecule has 1 saturated heterocycles. The fourth-order valence-electron chi connectivity index (χ4n) is 3.57. The minimum absolute atomic E-state index is 0.0548. The molecule has 0 spiro atoms. The number of nitrogens with two attached hydrogens (primary N) is 1. The number of piperazine rings is 1. The number of carbonyl (C=O) groups excluding carboxylic acids is 1. The average molecular weight is 327 g/mol. The van der Waals surface area contributed by atoms with E-state index in [9.17, 15) is 4.79 Å². The van der Waals surface area contributed by atoms with Crippen molar-refractivity contribution in [1.29, 1.82) is 0 Å². The second-order valence-corrected chi connectivity index (χ2v) is 7.85. The van der Waals surface area contributed by atoms with Crippen LogP contribution in [0.25, 0.3) is 0 Å². The van der Waals surface area contributed by atoms with Gasteiger partial charge in [0.2, 0.25) is 0 Å². The molecule has 0 aromatic heterocycles. The van der Waals surface area contributed by atoms with E-state index in [1.807, 2.05) is 25.7 Å². The van der Waals surface area contributed by atoms with Crippen LogP contribution in [-0.2, 0) is 9.47 Å². The minimum atomic E-state index is -0.467. The molecule has 2 aliphatic rings. The zero-order valence-corrected chi connectivity index (χ0v) is 15.1. The Kier molecular flexibility index (Phi) is 6.28. The van der Waals surface area contributed by atoms with E-state index >= 15 is 0 Å². The first kappa shape index (κ1) is 18.5. The second-order valence-electron chi connectivity index (χ2n) is 7.85. The lowest BCUT2D eigenvalue weighted by molar-refractivity contribution is -0.0262. The summed E-state index contributed by atoms with van der Waals surface area (Å²) in [5.74, 6) is 0. The van der Waals surface area contributed by atoms with E-state index in [0.717, 1.165) is 38.8 Å². The van der Waals surface area contributed by atoms with Gasteiger partial charge in [-0.3, -0.25) is 4.90 Å². The third kappa shape index (κ3) is 5.33. The van der Waals surface area contributed by atoms with Crippen LogP contribution in [0.2, 0.25) is 0 Å². The largest absolute Gasteiger partial charge is 0.444 e. The molecule has 2 rings (SSSR count). The molecule has 0 bridgehead atoms. The summed E-state index contributed by atoms with van der Waals surface area (Å²) in [6.07, 6.45) is 4.29. The topological polar surface area (TPSA) is 68.0 Å². The maximum Gasteiger partial charge on any atom is 0.410 e. The van der Waals surface area contributed by atoms with Crippen molar-refractivity contribution in [3.05, 3.63) is 0 Å². The Balaban J connectivity index is 1.95. The van der Waals surface area contributed by atoms with Crippen molar-refractivity contribution >= 4 is 6.09 Å². The number of hydrogen-bond donors (Lipinski definition) is 1. The molecule has 1 amide bonds. The Bertz CT molecular complexity index is 389. The van der Waals surface area contributed by atoms with Crippen LogP contribution >= 0.6 is 0 Å². The van der Waals surface area contributed by atoms with Gasteiger partial charge in [0.05, 0.1) is 12.6 Å². The van der Waals surface area contributed by atoms with Crippen LogP contribution < -0.4 is 5.73 Å². The monoisotopic (exact) mass is 327 g/mol. The van der Waals surface area contributed by atoms with Crippen molar-refractivity contribution in [3.63, 3.8) is 0 Å². The van der Waals surface area contributed by atoms with Crippen LogP contribution in [-0.4, -0.2) is 73.0 Å². The zero-order chi connectivity index (χ0) is 17.0. The summed E-state index contributed by atoms with van der Waals surface area (Å²) >= 11 is 0. The molecule has 2 N–H and O–H groups in total. The van der Waals surface area contributed by atoms with E-state index in [1.54, 1.807) is 7.11 Å². The normalized spacial score (nSPS) is 30.3. The summed E-state index contributed by atoms with van der Waals surface area (Å²) in [4.78, 5) is 16.8. The average Bonchev–Trinajstić information content (AvgIpc) is 2.46. The molecular weight excluding hydrogens is 294 g/mol. The van der Waals surface area contributed by atoms with Gasteiger partial charge in [-0.1, -0.05) is 0 Å². The molecule has 1 atom stereocenters. The van der Waals surface area contributed by atoms with Gasteiger partial charge in [-0.05, 0) is 46.5 Å². The van der Waals surface area contributed by atoms with E-state index in [0.29, 0.717) is 25.2 Å². The van der Waals surface area contributed by atoms with Crippen LogP contribution in [0.15, 0.2) is 0 Å². The van der Waals surface area contributed by atoms with E-state index in [1.165, 1.54) is 0 Å². The number of amides is 1. The van der Waals surface area contributed by atoms with Gasteiger partial charge in [0.25, 0.3) is 0 Å². The van der Waals surface area contributed by atoms with Crippen molar-refractivity contribution in [2.45, 2.75) is 70.2 Å². The number of methoxy groups -OCH3 is 1. The fourth-order valence-corrected chi connectivity index (χ4v) is 3.57. The van der Waals surface area contributed by atoms with Gasteiger partial charge >= 0.3 is 6.09 Å². The third-order valence-corrected chi connectivity index (χ3v) is 4.76. The highest BCUT2D eigenvalue weighted by Gasteiger charge is 2.36. The van der Waals surface area contributed by atoms with Crippen LogP contribution in [0, 0.1) is 0 Å². The maximum absolute atomic E-state index is 12.4. The van der Waals surface area contributed by atoms with Gasteiger partial charge in [-0.2, -0.15) is 0 Å². The van der Waals surface area contributed by atoms with Gasteiger partial charge in [-0.25, -0.2) is 4.79 Å². The lowest BCUT2D eigenvalue weighted by atomic mass is 9.90. The van der Waals surface area contributed by atoms with Gasteiger partial charge in [0, 0.05) is 38.8 Å². The second kappa shape index (κ2) is 7.81. The SMILES string of the molecule is COC[C@@H]1CN(C2CCC(N)CC2)CCN1C(=O)OC(C)(C)C. The molecule has 6 nitrogen and oxygen atoms in total. The Morgan fingerprint density at radius 2 is 1.83 bits per heavy atom.